The van der Waals surface area contributed by atoms with Crippen molar-refractivity contribution in [1.29, 1.82) is 0 Å². The van der Waals surface area contributed by atoms with Crippen LogP contribution in [0.2, 0.25) is 0 Å². The zero-order valence-corrected chi connectivity index (χ0v) is 33.9. The predicted molar refractivity (Wildman–Crippen MR) is 219 cm³/mol. The lowest BCUT2D eigenvalue weighted by Crippen LogP contribution is -2.46. The molecule has 2 N–H and O–H groups in total. The molecule has 1 aliphatic carbocycles. The van der Waals surface area contributed by atoms with Crippen LogP contribution in [0.3, 0.4) is 0 Å². The average molecular weight is 848 g/mol. The SMILES string of the molecule is CC1(C)O[C@@H]2[C@H](O1)[C@@H](CSCC[C@H](NC(=O)OCC1c3ccccc3-c3ccccc31)C(=O)ON1C(=O)CCC1=O)O[C@H]2n1cnc2c(NC(=O)c3ccccc3)ncnc21. The highest BCUT2D eigenvalue weighted by atomic mass is 32.2. The molecular formula is C43H41N7O10S. The summed E-state index contributed by atoms with van der Waals surface area (Å²) in [5.41, 5.74) is 5.43. The number of rotatable bonds is 13. The van der Waals surface area contributed by atoms with Gasteiger partial charge in [-0.25, -0.2) is 24.5 Å². The highest BCUT2D eigenvalue weighted by molar-refractivity contribution is 7.99. The summed E-state index contributed by atoms with van der Waals surface area (Å²) in [4.78, 5) is 82.8. The Kier molecular flexibility index (Phi) is 11.0. The average Bonchev–Trinajstić information content (AvgIpc) is 4.06. The number of alkyl carbamates (subject to hydrolysis) is 1. The van der Waals surface area contributed by atoms with E-state index in [1.807, 2.05) is 68.4 Å². The van der Waals surface area contributed by atoms with Gasteiger partial charge in [-0.2, -0.15) is 11.8 Å². The maximum atomic E-state index is 13.5. The molecule has 0 bridgehead atoms. The van der Waals surface area contributed by atoms with Crippen molar-refractivity contribution in [1.82, 2.24) is 29.9 Å². The molecule has 17 nitrogen and oxygen atoms in total. The summed E-state index contributed by atoms with van der Waals surface area (Å²) in [6.07, 6.45) is -0.273. The highest BCUT2D eigenvalue weighted by Crippen LogP contribution is 2.46. The topological polar surface area (TPSA) is 202 Å². The number of imide groups is 1. The van der Waals surface area contributed by atoms with E-state index in [9.17, 15) is 24.0 Å². The quantitative estimate of drug-likeness (QED) is 0.117. The molecule has 5 aromatic rings. The molecule has 3 aliphatic heterocycles. The molecule has 314 valence electrons. The van der Waals surface area contributed by atoms with Gasteiger partial charge in [-0.05, 0) is 60.4 Å². The van der Waals surface area contributed by atoms with Gasteiger partial charge in [-0.3, -0.25) is 19.0 Å². The Bertz CT molecular complexity index is 2460. The molecule has 4 amide bonds. The molecule has 3 aromatic carbocycles. The monoisotopic (exact) mass is 847 g/mol. The molecule has 18 heteroatoms. The third-order valence-electron chi connectivity index (χ3n) is 11.0. The molecule has 61 heavy (non-hydrogen) atoms. The lowest BCUT2D eigenvalue weighted by atomic mass is 9.98. The molecule has 0 radical (unpaired) electrons. The number of nitrogens with one attached hydrogen (secondary N) is 2. The summed E-state index contributed by atoms with van der Waals surface area (Å²) < 4.78 is 26.7. The fourth-order valence-electron chi connectivity index (χ4n) is 8.16. The maximum Gasteiger partial charge on any atom is 0.407 e. The van der Waals surface area contributed by atoms with Crippen LogP contribution >= 0.6 is 11.8 Å². The molecule has 3 saturated heterocycles. The molecule has 0 spiro atoms. The largest absolute Gasteiger partial charge is 0.449 e. The van der Waals surface area contributed by atoms with Crippen molar-refractivity contribution in [2.75, 3.05) is 23.4 Å². The molecule has 9 rings (SSSR count). The zero-order chi connectivity index (χ0) is 42.3. The fourth-order valence-corrected chi connectivity index (χ4v) is 9.23. The molecule has 0 unspecified atom stereocenters. The Morgan fingerprint density at radius 2 is 1.56 bits per heavy atom. The van der Waals surface area contributed by atoms with E-state index in [1.165, 1.54) is 18.1 Å². The van der Waals surface area contributed by atoms with E-state index in [1.54, 1.807) is 35.2 Å². The highest BCUT2D eigenvalue weighted by Gasteiger charge is 2.56. The summed E-state index contributed by atoms with van der Waals surface area (Å²) in [6, 6.07) is 23.4. The molecule has 0 saturated carbocycles. The van der Waals surface area contributed by atoms with Gasteiger partial charge >= 0.3 is 12.1 Å². The molecule has 3 fully saturated rings. The fraction of sp³-hybridized carbons (Fsp3) is 0.349. The van der Waals surface area contributed by atoms with Crippen LogP contribution < -0.4 is 10.6 Å². The Labute approximate surface area is 353 Å². The first-order valence-electron chi connectivity index (χ1n) is 19.9. The van der Waals surface area contributed by atoms with E-state index < -0.39 is 60.2 Å². The third kappa shape index (κ3) is 8.06. The minimum absolute atomic E-state index is 0.0164. The number of thioether (sulfide) groups is 1. The Hall–Kier alpha value is -6.21. The third-order valence-corrected chi connectivity index (χ3v) is 12.1. The summed E-state index contributed by atoms with van der Waals surface area (Å²) in [7, 11) is 0. The molecule has 5 atom stereocenters. The number of carbonyl (C=O) groups is 5. The van der Waals surface area contributed by atoms with Crippen LogP contribution in [0.5, 0.6) is 0 Å². The summed E-state index contributed by atoms with van der Waals surface area (Å²) in [5.74, 6) is -2.77. The molecule has 2 aromatic heterocycles. The first-order chi connectivity index (χ1) is 29.5. The van der Waals surface area contributed by atoms with Gasteiger partial charge in [-0.15, -0.1) is 5.06 Å². The number of hydroxylamine groups is 2. The van der Waals surface area contributed by atoms with E-state index >= 15 is 0 Å². The van der Waals surface area contributed by atoms with Crippen LogP contribution in [0.15, 0.2) is 91.5 Å². The number of imidazole rings is 1. The number of ether oxygens (including phenoxy) is 4. The summed E-state index contributed by atoms with van der Waals surface area (Å²) >= 11 is 1.44. The van der Waals surface area contributed by atoms with Gasteiger partial charge in [0.2, 0.25) is 0 Å². The predicted octanol–water partition coefficient (Wildman–Crippen LogP) is 5.13. The number of anilines is 1. The van der Waals surface area contributed by atoms with E-state index in [0.29, 0.717) is 33.3 Å². The second kappa shape index (κ2) is 16.7. The number of carbonyl (C=O) groups excluding carboxylic acids is 5. The van der Waals surface area contributed by atoms with Crippen molar-refractivity contribution in [3.8, 4) is 11.1 Å². The van der Waals surface area contributed by atoms with E-state index in [0.717, 1.165) is 22.3 Å². The molecular weight excluding hydrogens is 807 g/mol. The number of aromatic nitrogens is 4. The number of amides is 4. The number of hydrogen-bond acceptors (Lipinski definition) is 14. The van der Waals surface area contributed by atoms with Crippen LogP contribution in [0, 0.1) is 0 Å². The minimum Gasteiger partial charge on any atom is -0.449 e. The van der Waals surface area contributed by atoms with Gasteiger partial charge in [0.15, 0.2) is 29.0 Å². The van der Waals surface area contributed by atoms with Gasteiger partial charge in [-0.1, -0.05) is 66.7 Å². The van der Waals surface area contributed by atoms with Crippen molar-refractivity contribution in [2.24, 2.45) is 0 Å². The van der Waals surface area contributed by atoms with E-state index in [-0.39, 0.29) is 43.5 Å². The van der Waals surface area contributed by atoms with Gasteiger partial charge in [0.1, 0.15) is 31.2 Å². The van der Waals surface area contributed by atoms with E-state index in [2.05, 4.69) is 25.6 Å². The molecule has 5 heterocycles. The first kappa shape index (κ1) is 40.2. The maximum absolute atomic E-state index is 13.5. The number of hydrogen-bond donors (Lipinski definition) is 2. The van der Waals surface area contributed by atoms with Crippen LogP contribution in [0.1, 0.15) is 66.7 Å². The number of nitrogens with zero attached hydrogens (tertiary/aromatic N) is 5. The second-order valence-corrected chi connectivity index (χ2v) is 16.5. The van der Waals surface area contributed by atoms with Gasteiger partial charge < -0.3 is 34.4 Å². The second-order valence-electron chi connectivity index (χ2n) is 15.4. The van der Waals surface area contributed by atoms with Gasteiger partial charge in [0.25, 0.3) is 17.7 Å². The lowest BCUT2D eigenvalue weighted by molar-refractivity contribution is -0.198. The minimum atomic E-state index is -1.26. The van der Waals surface area contributed by atoms with Gasteiger partial charge in [0.05, 0.1) is 12.4 Å². The van der Waals surface area contributed by atoms with Crippen molar-refractivity contribution >= 4 is 58.5 Å². The number of fused-ring (bicyclic) bond motifs is 5. The summed E-state index contributed by atoms with van der Waals surface area (Å²) in [5, 5.41) is 5.89. The zero-order valence-electron chi connectivity index (χ0n) is 33.1. The van der Waals surface area contributed by atoms with Crippen molar-refractivity contribution in [2.45, 2.75) is 75.4 Å². The first-order valence-corrected chi connectivity index (χ1v) is 21.0. The normalized spacial score (nSPS) is 21.8. The van der Waals surface area contributed by atoms with Crippen LogP contribution in [0.25, 0.3) is 22.3 Å². The lowest BCUT2D eigenvalue weighted by Gasteiger charge is -2.25. The van der Waals surface area contributed by atoms with Crippen molar-refractivity contribution < 1.29 is 47.8 Å². The Balaban J connectivity index is 0.861. The molecule has 4 aliphatic rings. The van der Waals surface area contributed by atoms with Crippen molar-refractivity contribution in [3.63, 3.8) is 0 Å². The van der Waals surface area contributed by atoms with Crippen LogP contribution in [0.4, 0.5) is 10.6 Å². The Morgan fingerprint density at radius 3 is 2.28 bits per heavy atom. The summed E-state index contributed by atoms with van der Waals surface area (Å²) in [6.45, 7) is 3.65. The van der Waals surface area contributed by atoms with E-state index in [4.69, 9.17) is 23.8 Å². The smallest absolute Gasteiger partial charge is 0.407 e. The standard InChI is InChI=1S/C43H41N7O10S/c1-43(2)58-35-31(57-40(36(35)59-43)49-23-46-34-37(44-22-45-38(34)49)48-39(53)24-10-4-3-5-11-24)21-61-19-18-30(41(54)60-50-32(51)16-17-33(50)52)47-42(55)56-20-29-27-14-8-6-12-25(27)26-13-7-9-15-28(26)29/h3-15,22-23,29-31,35-36,40H,16-21H2,1-2H3,(H,47,55)(H,44,45,48,53)/t30-,31+,35+,36+,40+/m0/s1. The Morgan fingerprint density at radius 1 is 0.885 bits per heavy atom. The van der Waals surface area contributed by atoms with Crippen LogP contribution in [-0.4, -0.2) is 103 Å². The van der Waals surface area contributed by atoms with Crippen molar-refractivity contribution in [3.05, 3.63) is 108 Å². The van der Waals surface area contributed by atoms with Gasteiger partial charge in [0, 0.05) is 30.1 Å². The number of benzene rings is 3. The van der Waals surface area contributed by atoms with Crippen LogP contribution in [-0.2, 0) is 38.2 Å².